The van der Waals surface area contributed by atoms with Crippen LogP contribution in [-0.4, -0.2) is 32.9 Å². The minimum absolute atomic E-state index is 0. The van der Waals surface area contributed by atoms with E-state index in [9.17, 15) is 10.2 Å². The molecule has 0 spiro atoms. The van der Waals surface area contributed by atoms with Crippen molar-refractivity contribution in [3.63, 3.8) is 0 Å². The van der Waals surface area contributed by atoms with Crippen LogP contribution in [0, 0.1) is 51.2 Å². The van der Waals surface area contributed by atoms with Crippen LogP contribution >= 0.6 is 0 Å². The zero-order chi connectivity index (χ0) is 76.6. The van der Waals surface area contributed by atoms with E-state index in [-0.39, 0.29) is 106 Å². The number of phenols is 2. The van der Waals surface area contributed by atoms with Crippen molar-refractivity contribution in [1.82, 2.24) is 0 Å². The zero-order valence-corrected chi connectivity index (χ0v) is 74.7. The van der Waals surface area contributed by atoms with Gasteiger partial charge in [0, 0.05) is 70.4 Å². The Morgan fingerprint density at radius 2 is 0.604 bits per heavy atom. The molecular weight excluding hydrogens is 1470 g/mol. The molecule has 10 aromatic carbocycles. The molecule has 0 saturated heterocycles. The maximum absolute atomic E-state index is 16.6. The molecule has 0 aliphatic rings. The van der Waals surface area contributed by atoms with Crippen LogP contribution in [0.1, 0.15) is 269 Å². The Kier molecular flexibility index (Phi) is 24.3. The van der Waals surface area contributed by atoms with Crippen molar-refractivity contribution in [1.29, 1.82) is 0 Å². The summed E-state index contributed by atoms with van der Waals surface area (Å²) in [7, 11) is 0. The number of fused-ring (bicyclic) bond motifs is 4. The van der Waals surface area contributed by atoms with Crippen LogP contribution in [0.2, 0.25) is 0 Å². The smallest absolute Gasteiger partial charge is 0.265 e. The Morgan fingerprint density at radius 3 is 0.896 bits per heavy atom. The molecule has 0 aliphatic carbocycles. The van der Waals surface area contributed by atoms with Crippen molar-refractivity contribution in [3.05, 3.63) is 203 Å². The van der Waals surface area contributed by atoms with E-state index in [1.54, 1.807) is 12.1 Å². The summed E-state index contributed by atoms with van der Waals surface area (Å²) < 4.78 is 43.8. The standard InChI is InChI=1S/C97H122F2O4.2CH3.Hf/c1-56-38-66(98)50-74(72-46-64(96(27,28)54-88(3,4)5)48-76(84(72)100)82-68-34-32-62(90(9,10)11)42-58(68)40-60-44-78(92(15,16)17)80(52-70(60)82)94(21,22)23)86(56)102-36-31-37-103-87-57(2)39-67(99)51-75(87)73-47-65(97(29,30)55-89(6,7)8)49-77(85(73)101)83-69-35-33-63(91(12,13)14)43-59(69)41-61-45-79(93(18,19)20)81(53-71(61)83)95(24,25)26;;;/h32-35,38-53,100-101H,31,36-37,54-55H2,1-30H3;2*1H3;/q;2*-1;/p+2. The third kappa shape index (κ3) is 18.0. The van der Waals surface area contributed by atoms with Gasteiger partial charge >= 0.3 is 0 Å². The van der Waals surface area contributed by atoms with Crippen molar-refractivity contribution >= 4 is 43.1 Å². The van der Waals surface area contributed by atoms with E-state index in [0.29, 0.717) is 75.6 Å². The summed E-state index contributed by atoms with van der Waals surface area (Å²) in [6.07, 6.45) is 2.18. The molecular formula is C99H130F2HfO4. The van der Waals surface area contributed by atoms with Gasteiger partial charge in [-0.3, -0.25) is 0 Å². The van der Waals surface area contributed by atoms with E-state index >= 15 is 8.78 Å². The normalized spacial score (nSPS) is 13.1. The van der Waals surface area contributed by atoms with Crippen LogP contribution in [0.3, 0.4) is 0 Å². The second-order valence-corrected chi connectivity index (χ2v) is 40.6. The van der Waals surface area contributed by atoms with Gasteiger partial charge in [0.1, 0.15) is 29.6 Å². The van der Waals surface area contributed by atoms with Gasteiger partial charge in [0.15, 0.2) is 13.2 Å². The van der Waals surface area contributed by atoms with E-state index in [1.165, 1.54) is 45.5 Å². The van der Waals surface area contributed by atoms with Crippen molar-refractivity contribution < 1.29 is 54.3 Å². The van der Waals surface area contributed by atoms with Crippen molar-refractivity contribution in [2.75, 3.05) is 13.2 Å². The first-order valence-corrected chi connectivity index (χ1v) is 37.9. The summed E-state index contributed by atoms with van der Waals surface area (Å²) in [5.74, 6) is 0.508. The summed E-state index contributed by atoms with van der Waals surface area (Å²) in [5, 5.41) is 35.6. The zero-order valence-electron chi connectivity index (χ0n) is 71.1. The fraction of sp³-hybridized carbons (Fsp3) is 0.455. The molecule has 0 radical (unpaired) electrons. The van der Waals surface area contributed by atoms with Crippen LogP contribution in [0.15, 0.2) is 121 Å². The number of aliphatic hydroxyl groups is 2. The Bertz CT molecular complexity index is 4650. The Balaban J connectivity index is 0.00000523. The minimum atomic E-state index is -0.416. The van der Waals surface area contributed by atoms with Crippen molar-refractivity contribution in [2.45, 2.75) is 270 Å². The Morgan fingerprint density at radius 1 is 0.311 bits per heavy atom. The van der Waals surface area contributed by atoms with Crippen LogP contribution in [0.4, 0.5) is 8.78 Å². The minimum Gasteiger partial charge on any atom is -0.582 e. The van der Waals surface area contributed by atoms with Crippen molar-refractivity contribution in [2.24, 2.45) is 10.8 Å². The summed E-state index contributed by atoms with van der Waals surface area (Å²) in [6, 6.07) is 42.6. The van der Waals surface area contributed by atoms with Gasteiger partial charge in [-0.1, -0.05) is 242 Å². The number of rotatable bonds is 14. The maximum atomic E-state index is 16.6. The first kappa shape index (κ1) is 86.4. The monoisotopic (exact) mass is 1600 g/mol. The Labute approximate surface area is 658 Å². The third-order valence-corrected chi connectivity index (χ3v) is 21.4. The predicted molar refractivity (Wildman–Crippen MR) is 454 cm³/mol. The number of aromatic hydroxyl groups is 4. The topological polar surface area (TPSA) is 66.1 Å². The van der Waals surface area contributed by atoms with Gasteiger partial charge in [-0.05, 0) is 241 Å². The van der Waals surface area contributed by atoms with Gasteiger partial charge in [-0.15, -0.1) is 0 Å². The SMILES string of the molecule is Cc1cc(F)cc(-c2cc(C(C)(C)CC(C)(C)C)cc(-c3c4ccc(C(C)(C)C)cc4cc4cc(C(C)(C)C)c(C(C)(C)C)cc34)c2O)c1[OH+]CCC[OH+]c1c(C)cc(F)cc1-c1cc(C(C)(C)CC(C)(C)C)cc(-c2c3ccc(C(C)(C)C)cc3cc3cc(C(C)(C)C)c(C(C)(C)C)cc23)c1O.[CH3-].[CH3-].[Hf]. The second-order valence-electron chi connectivity index (χ2n) is 40.6. The van der Waals surface area contributed by atoms with Crippen molar-refractivity contribution in [3.8, 4) is 67.5 Å². The van der Waals surface area contributed by atoms with E-state index in [0.717, 1.165) is 78.2 Å². The quantitative estimate of drug-likeness (QED) is 0.0375. The summed E-state index contributed by atoms with van der Waals surface area (Å²) in [6.45, 7) is 68.2. The number of benzene rings is 10. The molecule has 106 heavy (non-hydrogen) atoms. The molecule has 0 aliphatic heterocycles. The number of halogens is 2. The summed E-state index contributed by atoms with van der Waals surface area (Å²) in [5.41, 5.74) is 14.5. The van der Waals surface area contributed by atoms with E-state index in [1.807, 2.05) is 13.8 Å². The van der Waals surface area contributed by atoms with Gasteiger partial charge < -0.3 is 34.5 Å². The summed E-state index contributed by atoms with van der Waals surface area (Å²) in [4.78, 5) is 0. The summed E-state index contributed by atoms with van der Waals surface area (Å²) >= 11 is 0. The second kappa shape index (κ2) is 29.9. The van der Waals surface area contributed by atoms with Gasteiger partial charge in [0.2, 0.25) is 0 Å². The van der Waals surface area contributed by atoms with E-state index in [4.69, 9.17) is 9.47 Å². The number of hydrogen-bond acceptors (Lipinski definition) is 2. The predicted octanol–water partition coefficient (Wildman–Crippen LogP) is 29.0. The molecule has 0 atom stereocenters. The van der Waals surface area contributed by atoms with E-state index < -0.39 is 11.6 Å². The fourth-order valence-corrected chi connectivity index (χ4v) is 16.8. The molecule has 4 N–H and O–H groups in total. The molecule has 0 bridgehead atoms. The molecule has 0 aromatic heterocycles. The number of aryl methyl sites for hydroxylation is 2. The van der Waals surface area contributed by atoms with Crippen LogP contribution in [-0.2, 0) is 69.2 Å². The maximum Gasteiger partial charge on any atom is 0.265 e. The average molecular weight is 1600 g/mol. The number of hydrogen-bond donors (Lipinski definition) is 2. The van der Waals surface area contributed by atoms with Gasteiger partial charge in [-0.2, -0.15) is 0 Å². The molecule has 10 rings (SSSR count). The number of phenolic OH excluding ortho intramolecular Hbond substituents is 2. The molecule has 568 valence electrons. The van der Waals surface area contributed by atoms with Gasteiger partial charge in [0.25, 0.3) is 11.5 Å². The Hall–Kier alpha value is -6.83. The van der Waals surface area contributed by atoms with Crippen LogP contribution in [0.25, 0.3) is 87.6 Å². The average Bonchev–Trinajstić information content (AvgIpc) is 0.727. The third-order valence-electron chi connectivity index (χ3n) is 21.4. The number of ether oxygens (including phenoxy) is 2. The van der Waals surface area contributed by atoms with Gasteiger partial charge in [-0.25, -0.2) is 8.78 Å². The first-order chi connectivity index (χ1) is 47.0. The molecule has 0 heterocycles. The van der Waals surface area contributed by atoms with E-state index in [2.05, 4.69) is 291 Å². The van der Waals surface area contributed by atoms with Crippen LogP contribution < -0.4 is 0 Å². The molecule has 0 fully saturated rings. The molecule has 4 nitrogen and oxygen atoms in total. The molecule has 7 heteroatoms. The molecule has 0 amide bonds. The fourth-order valence-electron chi connectivity index (χ4n) is 16.8. The molecule has 0 unspecified atom stereocenters. The molecule has 10 aromatic rings. The molecule has 0 saturated carbocycles. The largest absolute Gasteiger partial charge is 0.582 e. The van der Waals surface area contributed by atoms with Gasteiger partial charge in [0.05, 0.1) is 11.1 Å². The first-order valence-electron chi connectivity index (χ1n) is 37.9. The van der Waals surface area contributed by atoms with Crippen LogP contribution in [0.5, 0.6) is 23.0 Å².